The first-order valence-electron chi connectivity index (χ1n) is 15.3. The molecular formula is C32H51N3O8. The van der Waals surface area contributed by atoms with Gasteiger partial charge in [0.05, 0.1) is 39.6 Å². The number of benzene rings is 2. The van der Waals surface area contributed by atoms with Gasteiger partial charge < -0.3 is 45.4 Å². The molecule has 0 spiro atoms. The number of aliphatic hydroxyl groups excluding tert-OH is 4. The number of aliphatic hydroxyl groups is 4. The molecule has 1 aliphatic rings. The molecule has 11 heteroatoms. The third-order valence-corrected chi connectivity index (χ3v) is 7.77. The number of hydrogen-bond donors (Lipinski definition) is 7. The molecule has 2 aromatic carbocycles. The summed E-state index contributed by atoms with van der Waals surface area (Å²) in [7, 11) is 0. The first-order valence-corrected chi connectivity index (χ1v) is 15.3. The maximum atomic E-state index is 11.1. The van der Waals surface area contributed by atoms with Gasteiger partial charge in [-0.1, -0.05) is 35.9 Å². The van der Waals surface area contributed by atoms with Crippen molar-refractivity contribution in [3.63, 3.8) is 0 Å². The van der Waals surface area contributed by atoms with Gasteiger partial charge in [-0.15, -0.1) is 0 Å². The number of para-hydroxylation sites is 1. The highest BCUT2D eigenvalue weighted by molar-refractivity contribution is 5.43. The fraction of sp³-hybridized carbons (Fsp3) is 0.625. The van der Waals surface area contributed by atoms with E-state index in [1.54, 1.807) is 6.07 Å². The smallest absolute Gasteiger partial charge is 0.125 e. The predicted molar refractivity (Wildman–Crippen MR) is 164 cm³/mol. The van der Waals surface area contributed by atoms with Crippen LogP contribution in [0.1, 0.15) is 47.1 Å². The van der Waals surface area contributed by atoms with Gasteiger partial charge in [0, 0.05) is 35.3 Å². The highest BCUT2D eigenvalue weighted by atomic mass is 16.5. The van der Waals surface area contributed by atoms with Crippen molar-refractivity contribution in [2.75, 3.05) is 65.7 Å². The largest absolute Gasteiger partial charge is 0.507 e. The molecule has 1 fully saturated rings. The van der Waals surface area contributed by atoms with Crippen molar-refractivity contribution in [1.82, 2.24) is 15.1 Å². The van der Waals surface area contributed by atoms with E-state index in [-0.39, 0.29) is 51.1 Å². The van der Waals surface area contributed by atoms with Crippen molar-refractivity contribution in [2.45, 2.75) is 64.7 Å². The lowest BCUT2D eigenvalue weighted by Gasteiger charge is -2.28. The van der Waals surface area contributed by atoms with Gasteiger partial charge in [0.25, 0.3) is 0 Å². The van der Waals surface area contributed by atoms with Crippen LogP contribution in [0.25, 0.3) is 0 Å². The van der Waals surface area contributed by atoms with Gasteiger partial charge in [-0.25, -0.2) is 0 Å². The number of hydrogen-bond acceptors (Lipinski definition) is 11. The number of nitrogens with one attached hydrogen (secondary N) is 1. The Morgan fingerprint density at radius 3 is 1.72 bits per heavy atom. The summed E-state index contributed by atoms with van der Waals surface area (Å²) in [5, 5.41) is 62.7. The second kappa shape index (κ2) is 19.1. The number of aromatic hydroxyl groups is 2. The number of rotatable bonds is 14. The van der Waals surface area contributed by atoms with Crippen molar-refractivity contribution < 1.29 is 40.1 Å². The molecule has 2 aromatic rings. The summed E-state index contributed by atoms with van der Waals surface area (Å²) < 4.78 is 11.1. The van der Waals surface area contributed by atoms with E-state index in [2.05, 4.69) is 15.1 Å². The van der Waals surface area contributed by atoms with Crippen LogP contribution in [0.4, 0.5) is 0 Å². The Bertz CT molecular complexity index is 1080. The predicted octanol–water partition coefficient (Wildman–Crippen LogP) is 1.22. The third kappa shape index (κ3) is 11.6. The molecule has 1 heterocycles. The summed E-state index contributed by atoms with van der Waals surface area (Å²) in [6.45, 7) is 7.49. The minimum absolute atomic E-state index is 0.105. The topological polar surface area (TPSA) is 158 Å². The standard InChI is InChI=1S/C32H51N3O8/c1-24-14-27(32(41)28(15-24)23-43-30(20-38)21-39)17-35-11-4-9-33-8-3-10-34(12-5-13-35)16-25-6-2-7-26(31(25)40)22-42-29(18-36)19-37/h2,6-7,14-15,29-30,33,36-41H,3-5,8-13,16-23H2,1H3. The van der Waals surface area contributed by atoms with Crippen LogP contribution in [0.2, 0.25) is 0 Å². The van der Waals surface area contributed by atoms with E-state index in [1.165, 1.54) is 0 Å². The highest BCUT2D eigenvalue weighted by Gasteiger charge is 2.18. The number of aryl methyl sites for hydroxylation is 1. The Morgan fingerprint density at radius 2 is 1.14 bits per heavy atom. The van der Waals surface area contributed by atoms with Crippen LogP contribution in [0.15, 0.2) is 30.3 Å². The molecule has 11 nitrogen and oxygen atoms in total. The Labute approximate surface area is 255 Å². The molecule has 0 bridgehead atoms. The minimum atomic E-state index is -0.684. The Kier molecular flexibility index (Phi) is 15.7. The summed E-state index contributed by atoms with van der Waals surface area (Å²) in [6, 6.07) is 9.47. The lowest BCUT2D eigenvalue weighted by Crippen LogP contribution is -2.34. The van der Waals surface area contributed by atoms with Crippen LogP contribution >= 0.6 is 0 Å². The molecule has 0 aliphatic carbocycles. The maximum Gasteiger partial charge on any atom is 0.125 e. The van der Waals surface area contributed by atoms with Crippen molar-refractivity contribution >= 4 is 0 Å². The molecule has 1 saturated heterocycles. The number of phenols is 2. The van der Waals surface area contributed by atoms with Crippen molar-refractivity contribution in [3.05, 3.63) is 58.1 Å². The third-order valence-electron chi connectivity index (χ3n) is 7.77. The fourth-order valence-electron chi connectivity index (χ4n) is 5.31. The highest BCUT2D eigenvalue weighted by Crippen LogP contribution is 2.28. The first-order chi connectivity index (χ1) is 20.9. The number of ether oxygens (including phenoxy) is 2. The molecule has 3 rings (SSSR count). The minimum Gasteiger partial charge on any atom is -0.507 e. The number of phenolic OH excluding ortho intramolecular Hbond substituents is 2. The molecule has 43 heavy (non-hydrogen) atoms. The van der Waals surface area contributed by atoms with Crippen LogP contribution in [-0.2, 0) is 35.8 Å². The van der Waals surface area contributed by atoms with Crippen molar-refractivity contribution in [2.24, 2.45) is 0 Å². The normalized spacial score (nSPS) is 16.4. The van der Waals surface area contributed by atoms with Crippen LogP contribution in [0.3, 0.4) is 0 Å². The van der Waals surface area contributed by atoms with Crippen molar-refractivity contribution in [3.8, 4) is 11.5 Å². The lowest BCUT2D eigenvalue weighted by atomic mass is 10.0. The van der Waals surface area contributed by atoms with E-state index in [4.69, 9.17) is 9.47 Å². The molecule has 0 saturated carbocycles. The van der Waals surface area contributed by atoms with Crippen LogP contribution in [0.5, 0.6) is 11.5 Å². The van der Waals surface area contributed by atoms with Crippen LogP contribution in [-0.4, -0.2) is 118 Å². The monoisotopic (exact) mass is 605 g/mol. The van der Waals surface area contributed by atoms with Gasteiger partial charge >= 0.3 is 0 Å². The van der Waals surface area contributed by atoms with Gasteiger partial charge in [0.2, 0.25) is 0 Å². The van der Waals surface area contributed by atoms with Crippen LogP contribution in [0, 0.1) is 6.92 Å². The average Bonchev–Trinajstić information content (AvgIpc) is 3.00. The van der Waals surface area contributed by atoms with E-state index in [0.717, 1.165) is 75.2 Å². The molecule has 0 unspecified atom stereocenters. The van der Waals surface area contributed by atoms with E-state index in [1.807, 2.05) is 31.2 Å². The van der Waals surface area contributed by atoms with E-state index in [0.29, 0.717) is 24.2 Å². The molecule has 242 valence electrons. The first kappa shape index (κ1) is 35.2. The maximum absolute atomic E-state index is 11.1. The van der Waals surface area contributed by atoms with E-state index >= 15 is 0 Å². The fourth-order valence-corrected chi connectivity index (χ4v) is 5.31. The summed E-state index contributed by atoms with van der Waals surface area (Å²) in [6.07, 6.45) is 1.55. The molecule has 0 radical (unpaired) electrons. The summed E-state index contributed by atoms with van der Waals surface area (Å²) in [5.74, 6) is 0.372. The van der Waals surface area contributed by atoms with E-state index < -0.39 is 12.2 Å². The molecule has 0 atom stereocenters. The Hall–Kier alpha value is -2.32. The molecular weight excluding hydrogens is 554 g/mol. The molecule has 1 aliphatic heterocycles. The van der Waals surface area contributed by atoms with Crippen molar-refractivity contribution in [1.29, 1.82) is 0 Å². The van der Waals surface area contributed by atoms with Gasteiger partial charge in [-0.3, -0.25) is 9.80 Å². The van der Waals surface area contributed by atoms with Gasteiger partial charge in [0.1, 0.15) is 23.7 Å². The van der Waals surface area contributed by atoms with Gasteiger partial charge in [-0.05, 0) is 65.5 Å². The Balaban J connectivity index is 1.65. The van der Waals surface area contributed by atoms with Crippen LogP contribution < -0.4 is 5.32 Å². The Morgan fingerprint density at radius 1 is 0.674 bits per heavy atom. The number of nitrogens with zero attached hydrogens (tertiary/aromatic N) is 2. The average molecular weight is 606 g/mol. The summed E-state index contributed by atoms with van der Waals surface area (Å²) in [5.41, 5.74) is 3.91. The zero-order valence-corrected chi connectivity index (χ0v) is 25.5. The second-order valence-electron chi connectivity index (χ2n) is 11.3. The molecule has 0 amide bonds. The van der Waals surface area contributed by atoms with E-state index in [9.17, 15) is 30.6 Å². The molecule has 7 N–H and O–H groups in total. The SMILES string of the molecule is Cc1cc(COC(CO)CO)c(O)c(CN2CCCNCCCN(Cc3cccc(COC(CO)CO)c3O)CCC2)c1. The quantitative estimate of drug-likeness (QED) is 0.166. The second-order valence-corrected chi connectivity index (χ2v) is 11.3. The summed E-state index contributed by atoms with van der Waals surface area (Å²) >= 11 is 0. The lowest BCUT2D eigenvalue weighted by molar-refractivity contribution is -0.0290. The zero-order chi connectivity index (χ0) is 31.0. The summed E-state index contributed by atoms with van der Waals surface area (Å²) in [4.78, 5) is 4.71. The molecule has 0 aromatic heterocycles. The van der Waals surface area contributed by atoms with Gasteiger partial charge in [-0.2, -0.15) is 0 Å². The van der Waals surface area contributed by atoms with Gasteiger partial charge in [0.15, 0.2) is 0 Å². The zero-order valence-electron chi connectivity index (χ0n) is 25.5.